The van der Waals surface area contributed by atoms with Gasteiger partial charge in [0.05, 0.1) is 21.6 Å². The lowest BCUT2D eigenvalue weighted by molar-refractivity contribution is -0.384. The Morgan fingerprint density at radius 3 is 2.33 bits per heavy atom. The van der Waals surface area contributed by atoms with Crippen molar-refractivity contribution in [3.63, 3.8) is 0 Å². The summed E-state index contributed by atoms with van der Waals surface area (Å²) in [7, 11) is -0.750. The molecule has 2 aromatic rings. The zero-order valence-electron chi connectivity index (χ0n) is 14.2. The van der Waals surface area contributed by atoms with E-state index in [9.17, 15) is 14.9 Å². The molecule has 0 amide bonds. The van der Waals surface area contributed by atoms with Crippen LogP contribution < -0.4 is 5.59 Å². The van der Waals surface area contributed by atoms with Gasteiger partial charge in [0.2, 0.25) is 5.91 Å². The van der Waals surface area contributed by atoms with Crippen LogP contribution in [0.25, 0.3) is 10.9 Å². The molecule has 2 heterocycles. The molecular weight excluding hydrogens is 313 g/mol. The smallest absolute Gasteiger partial charge is 0.398 e. The number of aromatic nitrogens is 2. The lowest BCUT2D eigenvalue weighted by Crippen LogP contribution is -2.41. The number of fused-ring (bicyclic) bond motifs is 1. The molecule has 0 radical (unpaired) electrons. The van der Waals surface area contributed by atoms with Crippen molar-refractivity contribution in [2.24, 2.45) is 0 Å². The maximum absolute atomic E-state index is 11.9. The first-order valence-corrected chi connectivity index (χ1v) is 7.57. The van der Waals surface area contributed by atoms with Crippen LogP contribution in [0.2, 0.25) is 0 Å². The van der Waals surface area contributed by atoms with Crippen molar-refractivity contribution < 1.29 is 19.0 Å². The summed E-state index contributed by atoms with van der Waals surface area (Å²) in [5, 5.41) is 15.9. The van der Waals surface area contributed by atoms with Crippen LogP contribution in [0.4, 0.5) is 5.69 Å². The molecule has 3 rings (SSSR count). The molecule has 1 aliphatic rings. The molecule has 0 aliphatic carbocycles. The number of hydrogen-bond acceptors (Lipinski definition) is 6. The number of carbonyl (C=O) groups excluding carboxylic acids is 1. The van der Waals surface area contributed by atoms with Gasteiger partial charge in [-0.15, -0.1) is 0 Å². The maximum atomic E-state index is 11.9. The average Bonchev–Trinajstić information content (AvgIpc) is 2.93. The third-order valence-electron chi connectivity index (χ3n) is 4.68. The van der Waals surface area contributed by atoms with Gasteiger partial charge in [0, 0.05) is 24.4 Å². The van der Waals surface area contributed by atoms with Crippen LogP contribution in [0.3, 0.4) is 0 Å². The third kappa shape index (κ3) is 2.40. The molecule has 1 fully saturated rings. The van der Waals surface area contributed by atoms with E-state index >= 15 is 0 Å². The molecule has 0 saturated carbocycles. The number of benzene rings is 1. The molecule has 1 aromatic carbocycles. The second-order valence-corrected chi connectivity index (χ2v) is 6.86. The number of hydrogen-bond donors (Lipinski definition) is 0. The minimum Gasteiger partial charge on any atom is -0.398 e. The summed E-state index contributed by atoms with van der Waals surface area (Å²) in [6.45, 7) is 9.02. The third-order valence-corrected chi connectivity index (χ3v) is 4.68. The Kier molecular flexibility index (Phi) is 3.54. The van der Waals surface area contributed by atoms with Crippen molar-refractivity contribution in [3.8, 4) is 0 Å². The van der Waals surface area contributed by atoms with Crippen molar-refractivity contribution in [2.45, 2.75) is 45.8 Å². The first-order valence-electron chi connectivity index (χ1n) is 7.57. The Bertz CT molecular complexity index is 842. The van der Waals surface area contributed by atoms with E-state index in [4.69, 9.17) is 9.31 Å². The molecule has 0 atom stereocenters. The van der Waals surface area contributed by atoms with Crippen LogP contribution in [0.5, 0.6) is 0 Å². The number of nitro groups is 1. The molecule has 0 N–H and O–H groups in total. The standard InChI is InChI=1S/C15H18BN3O5/c1-9(20)18-12-8-10(19(21)22)6-7-11(12)13(17-18)16-23-14(2,3)15(4,5)24-16/h6-8H,1-5H3. The van der Waals surface area contributed by atoms with Gasteiger partial charge in [-0.05, 0) is 33.8 Å². The lowest BCUT2D eigenvalue weighted by atomic mass is 9.82. The zero-order chi connectivity index (χ0) is 17.9. The van der Waals surface area contributed by atoms with Crippen molar-refractivity contribution in [1.82, 2.24) is 9.78 Å². The highest BCUT2D eigenvalue weighted by Crippen LogP contribution is 2.37. The minimum atomic E-state index is -0.750. The first kappa shape index (κ1) is 16.6. The van der Waals surface area contributed by atoms with Crippen molar-refractivity contribution >= 4 is 35.2 Å². The summed E-state index contributed by atoms with van der Waals surface area (Å²) in [5.74, 6) is -0.344. The van der Waals surface area contributed by atoms with Crippen molar-refractivity contribution in [2.75, 3.05) is 0 Å². The van der Waals surface area contributed by atoms with Gasteiger partial charge in [0.1, 0.15) is 5.59 Å². The molecule has 0 spiro atoms. The van der Waals surface area contributed by atoms with Gasteiger partial charge in [-0.3, -0.25) is 14.9 Å². The molecule has 0 unspecified atom stereocenters. The first-order chi connectivity index (χ1) is 11.0. The van der Waals surface area contributed by atoms with Gasteiger partial charge in [0.25, 0.3) is 5.69 Å². The summed E-state index contributed by atoms with van der Waals surface area (Å²) in [6, 6.07) is 4.28. The van der Waals surface area contributed by atoms with Crippen molar-refractivity contribution in [3.05, 3.63) is 28.3 Å². The molecule has 1 aromatic heterocycles. The fourth-order valence-corrected chi connectivity index (χ4v) is 2.61. The van der Waals surface area contributed by atoms with E-state index in [2.05, 4.69) is 5.10 Å². The highest BCUT2D eigenvalue weighted by Gasteiger charge is 2.53. The van der Waals surface area contributed by atoms with E-state index < -0.39 is 23.2 Å². The Hall–Kier alpha value is -2.26. The van der Waals surface area contributed by atoms with Crippen LogP contribution in [0.15, 0.2) is 18.2 Å². The van der Waals surface area contributed by atoms with E-state index in [0.717, 1.165) is 4.68 Å². The number of nitro benzene ring substituents is 1. The summed E-state index contributed by atoms with van der Waals surface area (Å²) >= 11 is 0. The quantitative estimate of drug-likeness (QED) is 0.474. The number of carbonyl (C=O) groups is 1. The summed E-state index contributed by atoms with van der Waals surface area (Å²) < 4.78 is 13.1. The predicted molar refractivity (Wildman–Crippen MR) is 88.4 cm³/mol. The highest BCUT2D eigenvalue weighted by atomic mass is 16.7. The zero-order valence-corrected chi connectivity index (χ0v) is 14.2. The van der Waals surface area contributed by atoms with E-state index in [1.54, 1.807) is 6.07 Å². The second-order valence-electron chi connectivity index (χ2n) is 6.86. The summed E-state index contributed by atoms with van der Waals surface area (Å²) in [6.07, 6.45) is 0. The largest absolute Gasteiger partial charge is 0.517 e. The molecule has 0 bridgehead atoms. The Morgan fingerprint density at radius 2 is 1.83 bits per heavy atom. The van der Waals surface area contributed by atoms with Crippen molar-refractivity contribution in [1.29, 1.82) is 0 Å². The fraction of sp³-hybridized carbons (Fsp3) is 0.467. The normalized spacial score (nSPS) is 19.0. The molecule has 24 heavy (non-hydrogen) atoms. The van der Waals surface area contributed by atoms with Gasteiger partial charge in [-0.25, -0.2) is 4.68 Å². The fourth-order valence-electron chi connectivity index (χ4n) is 2.61. The molecule has 126 valence electrons. The van der Waals surface area contributed by atoms with Crippen LogP contribution in [0, 0.1) is 10.1 Å². The Labute approximate surface area is 139 Å². The predicted octanol–water partition coefficient (Wildman–Crippen LogP) is 1.90. The molecular formula is C15H18BN3O5. The number of nitrogens with zero attached hydrogens (tertiary/aromatic N) is 3. The minimum absolute atomic E-state index is 0.106. The molecule has 9 heteroatoms. The van der Waals surface area contributed by atoms with Crippen LogP contribution in [-0.2, 0) is 9.31 Å². The van der Waals surface area contributed by atoms with E-state index in [-0.39, 0.29) is 11.6 Å². The monoisotopic (exact) mass is 331 g/mol. The number of non-ortho nitro benzene ring substituents is 1. The van der Waals surface area contributed by atoms with E-state index in [1.165, 1.54) is 19.1 Å². The highest BCUT2D eigenvalue weighted by molar-refractivity contribution is 6.64. The molecule has 8 nitrogen and oxygen atoms in total. The van der Waals surface area contributed by atoms with Gasteiger partial charge in [0.15, 0.2) is 0 Å². The summed E-state index contributed by atoms with van der Waals surface area (Å²) in [5.41, 5.74) is -0.407. The second kappa shape index (κ2) is 5.12. The van der Waals surface area contributed by atoms with Gasteiger partial charge in [-0.1, -0.05) is 0 Å². The Balaban J connectivity index is 2.16. The topological polar surface area (TPSA) is 96.5 Å². The SMILES string of the molecule is CC(=O)n1nc(B2OC(C)(C)C(C)(C)O2)c2ccc([N+](=O)[O-])cc21. The van der Waals surface area contributed by atoms with Gasteiger partial charge >= 0.3 is 7.12 Å². The van der Waals surface area contributed by atoms with Crippen LogP contribution in [-0.4, -0.2) is 38.9 Å². The van der Waals surface area contributed by atoms with E-state index in [0.29, 0.717) is 16.5 Å². The Morgan fingerprint density at radius 1 is 1.25 bits per heavy atom. The number of rotatable bonds is 2. The average molecular weight is 331 g/mol. The maximum Gasteiger partial charge on any atom is 0.517 e. The van der Waals surface area contributed by atoms with E-state index in [1.807, 2.05) is 27.7 Å². The molecule has 1 aliphatic heterocycles. The molecule has 1 saturated heterocycles. The van der Waals surface area contributed by atoms with Crippen LogP contribution in [0.1, 0.15) is 39.4 Å². The van der Waals surface area contributed by atoms with Gasteiger partial charge < -0.3 is 9.31 Å². The van der Waals surface area contributed by atoms with Gasteiger partial charge in [-0.2, -0.15) is 5.10 Å². The van der Waals surface area contributed by atoms with Crippen LogP contribution >= 0.6 is 0 Å². The summed E-state index contributed by atoms with van der Waals surface area (Å²) in [4.78, 5) is 22.4. The lowest BCUT2D eigenvalue weighted by Gasteiger charge is -2.32.